The van der Waals surface area contributed by atoms with Gasteiger partial charge in [-0.1, -0.05) is 0 Å². The molecular weight excluding hydrogens is 500 g/mol. The van der Waals surface area contributed by atoms with Gasteiger partial charge in [0, 0.05) is 18.0 Å². The van der Waals surface area contributed by atoms with E-state index in [2.05, 4.69) is 21.3 Å². The number of halogens is 4. The Morgan fingerprint density at radius 1 is 1.16 bits per heavy atom. The molecule has 1 saturated heterocycles. The van der Waals surface area contributed by atoms with Crippen molar-refractivity contribution in [2.45, 2.75) is 69.8 Å². The monoisotopic (exact) mass is 526 g/mol. The van der Waals surface area contributed by atoms with Crippen LogP contribution in [0.3, 0.4) is 0 Å². The zero-order valence-electron chi connectivity index (χ0n) is 19.8. The highest BCUT2D eigenvalue weighted by Crippen LogP contribution is 2.58. The molecule has 1 aromatic rings. The smallest absolute Gasteiger partial charge is 0.353 e. The molecule has 3 atom stereocenters. The molecule has 1 aromatic carbocycles. The predicted molar refractivity (Wildman–Crippen MR) is 121 cm³/mol. The first kappa shape index (κ1) is 26.6. The van der Waals surface area contributed by atoms with Crippen molar-refractivity contribution in [3.63, 3.8) is 0 Å². The fourth-order valence-electron chi connectivity index (χ4n) is 4.37. The number of carbonyl (C=O) groups is 5. The van der Waals surface area contributed by atoms with Crippen molar-refractivity contribution in [2.24, 2.45) is 11.3 Å². The molecular formula is C24H26F4N4O5. The highest BCUT2D eigenvalue weighted by Gasteiger charge is 2.68. The van der Waals surface area contributed by atoms with Crippen molar-refractivity contribution in [2.75, 3.05) is 5.32 Å². The maximum Gasteiger partial charge on any atom is 0.403 e. The van der Waals surface area contributed by atoms with E-state index in [-0.39, 0.29) is 30.1 Å². The standard InChI is InChI=1S/C24H26F4N4O5/c1-11-8-12(19(34)29-11)9-17(18(33)21(36)30-14-3-4-14)31-20(35)15-10-13(25)2-5-16(15)32-22(37)23(6-7-23)24(26,27)28/h2,5,10-12,14,17H,3-4,6-9H2,1H3,(H,29,34)(H,30,36)(H,31,35)(H,32,37)/t11-,12+,17+/m1/s1. The van der Waals surface area contributed by atoms with Crippen LogP contribution in [0.5, 0.6) is 0 Å². The molecule has 2 saturated carbocycles. The summed E-state index contributed by atoms with van der Waals surface area (Å²) in [6, 6.07) is 0.693. The molecule has 0 unspecified atom stereocenters. The number of hydrogen-bond donors (Lipinski definition) is 4. The van der Waals surface area contributed by atoms with E-state index in [0.29, 0.717) is 25.3 Å². The Labute approximate surface area is 209 Å². The Balaban J connectivity index is 1.55. The number of hydrogen-bond acceptors (Lipinski definition) is 5. The summed E-state index contributed by atoms with van der Waals surface area (Å²) in [5, 5.41) is 9.58. The Morgan fingerprint density at radius 2 is 1.84 bits per heavy atom. The number of nitrogens with one attached hydrogen (secondary N) is 4. The number of Topliss-reactive ketones (excluding diaryl/α,β-unsaturated/α-hetero) is 1. The van der Waals surface area contributed by atoms with Gasteiger partial charge in [0.2, 0.25) is 17.6 Å². The molecule has 1 heterocycles. The minimum absolute atomic E-state index is 0.156. The van der Waals surface area contributed by atoms with Crippen LogP contribution in [0.1, 0.15) is 55.8 Å². The molecule has 2 aliphatic carbocycles. The number of anilines is 1. The lowest BCUT2D eigenvalue weighted by molar-refractivity contribution is -0.189. The number of carbonyl (C=O) groups excluding carboxylic acids is 5. The van der Waals surface area contributed by atoms with E-state index in [1.54, 1.807) is 6.92 Å². The van der Waals surface area contributed by atoms with E-state index in [1.807, 2.05) is 0 Å². The third kappa shape index (κ3) is 5.75. The van der Waals surface area contributed by atoms with Crippen LogP contribution < -0.4 is 21.3 Å². The van der Waals surface area contributed by atoms with Gasteiger partial charge in [-0.05, 0) is 63.6 Å². The van der Waals surface area contributed by atoms with Gasteiger partial charge in [0.1, 0.15) is 11.2 Å². The predicted octanol–water partition coefficient (Wildman–Crippen LogP) is 1.97. The second-order valence-electron chi connectivity index (χ2n) is 9.94. The third-order valence-electron chi connectivity index (χ3n) is 6.88. The molecule has 4 N–H and O–H groups in total. The van der Waals surface area contributed by atoms with Gasteiger partial charge in [0.05, 0.1) is 17.3 Å². The fraction of sp³-hybridized carbons (Fsp3) is 0.542. The normalized spacial score (nSPS) is 23.0. The van der Waals surface area contributed by atoms with Crippen LogP contribution in [0, 0.1) is 17.2 Å². The molecule has 0 aromatic heterocycles. The lowest BCUT2D eigenvalue weighted by Crippen LogP contribution is -2.49. The minimum Gasteiger partial charge on any atom is -0.353 e. The molecule has 1 aliphatic heterocycles. The Morgan fingerprint density at radius 3 is 2.38 bits per heavy atom. The number of benzene rings is 1. The van der Waals surface area contributed by atoms with Crippen LogP contribution in [-0.4, -0.2) is 53.7 Å². The largest absolute Gasteiger partial charge is 0.403 e. The molecule has 4 rings (SSSR count). The first-order chi connectivity index (χ1) is 17.3. The summed E-state index contributed by atoms with van der Waals surface area (Å²) in [7, 11) is 0. The lowest BCUT2D eigenvalue weighted by atomic mass is 9.93. The van der Waals surface area contributed by atoms with E-state index >= 15 is 0 Å². The topological polar surface area (TPSA) is 133 Å². The summed E-state index contributed by atoms with van der Waals surface area (Å²) in [6.45, 7) is 1.75. The van der Waals surface area contributed by atoms with E-state index in [1.165, 1.54) is 0 Å². The summed E-state index contributed by atoms with van der Waals surface area (Å²) in [4.78, 5) is 63.1. The van der Waals surface area contributed by atoms with Crippen molar-refractivity contribution in [1.29, 1.82) is 0 Å². The van der Waals surface area contributed by atoms with Crippen LogP contribution >= 0.6 is 0 Å². The quantitative estimate of drug-likeness (QED) is 0.289. The number of rotatable bonds is 9. The summed E-state index contributed by atoms with van der Waals surface area (Å²) >= 11 is 0. The van der Waals surface area contributed by atoms with E-state index in [9.17, 15) is 41.5 Å². The van der Waals surface area contributed by atoms with Crippen molar-refractivity contribution < 1.29 is 41.5 Å². The third-order valence-corrected chi connectivity index (χ3v) is 6.88. The van der Waals surface area contributed by atoms with Gasteiger partial charge >= 0.3 is 6.18 Å². The highest BCUT2D eigenvalue weighted by atomic mass is 19.4. The van der Waals surface area contributed by atoms with Gasteiger partial charge in [-0.15, -0.1) is 0 Å². The molecule has 200 valence electrons. The average molecular weight is 526 g/mol. The zero-order valence-corrected chi connectivity index (χ0v) is 19.8. The minimum atomic E-state index is -4.80. The van der Waals surface area contributed by atoms with Crippen LogP contribution in [0.4, 0.5) is 23.2 Å². The Hall–Kier alpha value is -3.51. The van der Waals surface area contributed by atoms with E-state index in [0.717, 1.165) is 12.1 Å². The summed E-state index contributed by atoms with van der Waals surface area (Å²) in [5.74, 6) is -6.41. The SMILES string of the molecule is C[C@@H]1C[C@@H](C[C@H](NC(=O)c2cc(F)ccc2NC(=O)C2(C(F)(F)F)CC2)C(=O)C(=O)NC2CC2)C(=O)N1. The van der Waals surface area contributed by atoms with Gasteiger partial charge < -0.3 is 21.3 Å². The number of ketones is 1. The lowest BCUT2D eigenvalue weighted by Gasteiger charge is -2.22. The van der Waals surface area contributed by atoms with Gasteiger partial charge in [-0.3, -0.25) is 24.0 Å². The van der Waals surface area contributed by atoms with Crippen molar-refractivity contribution in [1.82, 2.24) is 16.0 Å². The summed E-state index contributed by atoms with van der Waals surface area (Å²) < 4.78 is 54.1. The van der Waals surface area contributed by atoms with E-state index in [4.69, 9.17) is 0 Å². The number of alkyl halides is 3. The Bertz CT molecular complexity index is 1150. The molecule has 3 fully saturated rings. The maximum atomic E-state index is 14.0. The van der Waals surface area contributed by atoms with Crippen LogP contribution in [0.25, 0.3) is 0 Å². The van der Waals surface area contributed by atoms with Gasteiger partial charge in [0.15, 0.2) is 0 Å². The summed E-state index contributed by atoms with van der Waals surface area (Å²) in [6.07, 6.45) is -4.10. The second kappa shape index (κ2) is 9.75. The first-order valence-corrected chi connectivity index (χ1v) is 11.9. The molecule has 9 nitrogen and oxygen atoms in total. The maximum absolute atomic E-state index is 14.0. The summed E-state index contributed by atoms with van der Waals surface area (Å²) in [5.41, 5.74) is -3.50. The first-order valence-electron chi connectivity index (χ1n) is 11.9. The Kier molecular flexibility index (Phi) is 6.99. The average Bonchev–Trinajstić information content (AvgIpc) is 3.72. The molecule has 0 spiro atoms. The zero-order chi connectivity index (χ0) is 27.1. The number of amides is 4. The molecule has 0 radical (unpaired) electrons. The molecule has 0 bridgehead atoms. The molecule has 4 amide bonds. The van der Waals surface area contributed by atoms with E-state index < -0.39 is 71.3 Å². The van der Waals surface area contributed by atoms with Crippen LogP contribution in [-0.2, 0) is 19.2 Å². The fourth-order valence-corrected chi connectivity index (χ4v) is 4.37. The van der Waals surface area contributed by atoms with Gasteiger partial charge in [-0.25, -0.2) is 4.39 Å². The van der Waals surface area contributed by atoms with Crippen LogP contribution in [0.2, 0.25) is 0 Å². The van der Waals surface area contributed by atoms with Crippen molar-refractivity contribution >= 4 is 35.1 Å². The molecule has 37 heavy (non-hydrogen) atoms. The highest BCUT2D eigenvalue weighted by molar-refractivity contribution is 6.38. The molecule has 3 aliphatic rings. The second-order valence-corrected chi connectivity index (χ2v) is 9.94. The molecule has 13 heteroatoms. The van der Waals surface area contributed by atoms with Crippen molar-refractivity contribution in [3.8, 4) is 0 Å². The van der Waals surface area contributed by atoms with Gasteiger partial charge in [0.25, 0.3) is 11.8 Å². The van der Waals surface area contributed by atoms with Crippen LogP contribution in [0.15, 0.2) is 18.2 Å². The van der Waals surface area contributed by atoms with Crippen molar-refractivity contribution in [3.05, 3.63) is 29.6 Å². The van der Waals surface area contributed by atoms with Gasteiger partial charge in [-0.2, -0.15) is 13.2 Å².